The molecule has 4 N–H and O–H groups in total. The molecule has 1 aliphatic heterocycles. The smallest absolute Gasteiger partial charge is 0.320 e. The third-order valence-corrected chi connectivity index (χ3v) is 5.05. The summed E-state index contributed by atoms with van der Waals surface area (Å²) in [5, 5.41) is 25.3. The monoisotopic (exact) mass is 390 g/mol. The second kappa shape index (κ2) is 7.70. The van der Waals surface area contributed by atoms with Gasteiger partial charge < -0.3 is 16.0 Å². The van der Waals surface area contributed by atoms with E-state index in [-0.39, 0.29) is 12.1 Å². The van der Waals surface area contributed by atoms with Gasteiger partial charge in [-0.25, -0.2) is 14.5 Å². The van der Waals surface area contributed by atoms with E-state index in [1.54, 1.807) is 17.8 Å². The molecule has 1 aromatic carbocycles. The predicted molar refractivity (Wildman–Crippen MR) is 111 cm³/mol. The predicted octanol–water partition coefficient (Wildman–Crippen LogP) is 2.49. The zero-order valence-corrected chi connectivity index (χ0v) is 16.2. The molecule has 9 nitrogen and oxygen atoms in total. The minimum Gasteiger partial charge on any atom is -0.386 e. The summed E-state index contributed by atoms with van der Waals surface area (Å²) in [5.74, 6) is 0.375. The largest absolute Gasteiger partial charge is 0.386 e. The number of anilines is 2. The summed E-state index contributed by atoms with van der Waals surface area (Å²) in [5.41, 5.74) is 4.73. The first kappa shape index (κ1) is 18.6. The van der Waals surface area contributed by atoms with Crippen molar-refractivity contribution in [3.8, 4) is 0 Å². The maximum Gasteiger partial charge on any atom is 0.320 e. The van der Waals surface area contributed by atoms with E-state index in [2.05, 4.69) is 31.2 Å². The van der Waals surface area contributed by atoms with Gasteiger partial charge >= 0.3 is 6.03 Å². The van der Waals surface area contributed by atoms with Crippen molar-refractivity contribution in [1.29, 1.82) is 5.41 Å². The van der Waals surface area contributed by atoms with E-state index < -0.39 is 0 Å². The van der Waals surface area contributed by atoms with Crippen LogP contribution in [0, 0.1) is 12.3 Å². The summed E-state index contributed by atoms with van der Waals surface area (Å²) in [6.07, 6.45) is 1.76. The zero-order valence-electron chi connectivity index (χ0n) is 16.2. The van der Waals surface area contributed by atoms with Crippen LogP contribution in [0.15, 0.2) is 36.4 Å². The Morgan fingerprint density at radius 1 is 1.28 bits per heavy atom. The molecule has 1 aliphatic rings. The lowest BCUT2D eigenvalue weighted by molar-refractivity contribution is 0.248. The van der Waals surface area contributed by atoms with Gasteiger partial charge in [0.1, 0.15) is 5.82 Å². The van der Waals surface area contributed by atoms with Crippen LogP contribution in [0.5, 0.6) is 0 Å². The fourth-order valence-electron chi connectivity index (χ4n) is 3.52. The highest BCUT2D eigenvalue weighted by Gasteiger charge is 2.22. The van der Waals surface area contributed by atoms with Gasteiger partial charge in [0.2, 0.25) is 0 Å². The highest BCUT2D eigenvalue weighted by atomic mass is 16.2. The molecule has 29 heavy (non-hydrogen) atoms. The van der Waals surface area contributed by atoms with E-state index >= 15 is 0 Å². The molecule has 0 saturated carbocycles. The third-order valence-electron chi connectivity index (χ3n) is 5.05. The van der Waals surface area contributed by atoms with Crippen LogP contribution in [-0.2, 0) is 13.0 Å². The normalized spacial score (nSPS) is 16.1. The number of hydrogen-bond donors (Lipinski definition) is 4. The highest BCUT2D eigenvalue weighted by Crippen LogP contribution is 2.25. The summed E-state index contributed by atoms with van der Waals surface area (Å²) in [4.78, 5) is 17.3. The molecular weight excluding hydrogens is 368 g/mol. The summed E-state index contributed by atoms with van der Waals surface area (Å²) in [6, 6.07) is 10.8. The number of nitrogens with zero attached hydrogens (tertiary/aromatic N) is 4. The van der Waals surface area contributed by atoms with Crippen LogP contribution in [0.3, 0.4) is 0 Å². The minimum absolute atomic E-state index is 0.266. The minimum atomic E-state index is -0.365. The van der Waals surface area contributed by atoms with Gasteiger partial charge in [0, 0.05) is 25.2 Å². The number of carbonyl (C=O) groups excluding carboxylic acids is 1. The average Bonchev–Trinajstić information content (AvgIpc) is 3.06. The lowest BCUT2D eigenvalue weighted by atomic mass is 10.0. The van der Waals surface area contributed by atoms with Gasteiger partial charge in [0.25, 0.3) is 0 Å². The van der Waals surface area contributed by atoms with Gasteiger partial charge in [-0.2, -0.15) is 0 Å². The molecule has 2 amide bonds. The molecule has 1 unspecified atom stereocenters. The lowest BCUT2D eigenvalue weighted by Crippen LogP contribution is -2.34. The molecule has 0 aliphatic carbocycles. The number of hydrogen-bond acceptors (Lipinski definition) is 6. The molecule has 0 radical (unpaired) electrons. The molecule has 2 aromatic heterocycles. The van der Waals surface area contributed by atoms with Gasteiger partial charge in [-0.1, -0.05) is 35.5 Å². The first-order chi connectivity index (χ1) is 14.1. The Morgan fingerprint density at radius 3 is 2.79 bits per heavy atom. The van der Waals surface area contributed by atoms with Crippen molar-refractivity contribution in [2.75, 3.05) is 17.7 Å². The molecule has 0 fully saturated rings. The first-order valence-corrected chi connectivity index (χ1v) is 9.32. The number of pyridine rings is 1. The van der Waals surface area contributed by atoms with Gasteiger partial charge in [-0.3, -0.25) is 5.32 Å². The average molecular weight is 390 g/mol. The quantitative estimate of drug-likeness (QED) is 0.512. The first-order valence-electron chi connectivity index (χ1n) is 9.32. The van der Waals surface area contributed by atoms with Gasteiger partial charge in [-0.05, 0) is 18.6 Å². The number of benzene rings is 1. The lowest BCUT2D eigenvalue weighted by Gasteiger charge is -2.21. The molecule has 0 spiro atoms. The maximum absolute atomic E-state index is 12.7. The Hall–Kier alpha value is -3.75. The molecule has 148 valence electrons. The van der Waals surface area contributed by atoms with E-state index in [1.807, 2.05) is 37.3 Å². The number of nitrogens with one attached hydrogen (secondary N) is 4. The summed E-state index contributed by atoms with van der Waals surface area (Å²) in [6.45, 7) is 2.34. The molecule has 9 heteroatoms. The molecule has 4 rings (SSSR count). The zero-order chi connectivity index (χ0) is 20.4. The van der Waals surface area contributed by atoms with E-state index in [0.29, 0.717) is 30.0 Å². The van der Waals surface area contributed by atoms with Crippen molar-refractivity contribution < 1.29 is 4.79 Å². The number of aromatic nitrogens is 4. The Labute approximate surface area is 168 Å². The van der Waals surface area contributed by atoms with Crippen molar-refractivity contribution in [1.82, 2.24) is 25.3 Å². The van der Waals surface area contributed by atoms with E-state index in [0.717, 1.165) is 22.6 Å². The number of rotatable bonds is 3. The van der Waals surface area contributed by atoms with E-state index in [9.17, 15) is 4.79 Å². The van der Waals surface area contributed by atoms with Crippen LogP contribution in [0.2, 0.25) is 0 Å². The van der Waals surface area contributed by atoms with Crippen molar-refractivity contribution in [3.05, 3.63) is 64.6 Å². The van der Waals surface area contributed by atoms with Gasteiger partial charge in [0.05, 0.1) is 35.4 Å². The standard InChI is InChI=1S/C20H22N8O/c1-12-15-9-16(13-6-4-3-5-7-13)24-20(29)25-18-8-14(10-21)19(22-2)17(23-18)11-28(12)27-26-15/h3-8,10,16,21-22H,9,11H2,1-2H3,(H2,23,24,25,29). The fraction of sp³-hybridized carbons (Fsp3) is 0.250. The van der Waals surface area contributed by atoms with Crippen molar-refractivity contribution in [2.45, 2.75) is 25.9 Å². The number of amides is 2. The summed E-state index contributed by atoms with van der Waals surface area (Å²) in [7, 11) is 1.78. The number of carbonyl (C=O) groups is 1. The fourth-order valence-corrected chi connectivity index (χ4v) is 3.52. The van der Waals surface area contributed by atoms with Crippen LogP contribution >= 0.6 is 0 Å². The maximum atomic E-state index is 12.7. The molecule has 3 heterocycles. The SMILES string of the molecule is CNc1c(C=N)cc2nc1Cn1nnc(c1C)CC(c1ccccc1)NC(=O)N2. The van der Waals surface area contributed by atoms with Crippen LogP contribution < -0.4 is 16.0 Å². The van der Waals surface area contributed by atoms with Gasteiger partial charge in [-0.15, -0.1) is 5.10 Å². The molecular formula is C20H22N8O. The van der Waals surface area contributed by atoms with Crippen molar-refractivity contribution in [3.63, 3.8) is 0 Å². The van der Waals surface area contributed by atoms with Crippen molar-refractivity contribution >= 4 is 23.8 Å². The van der Waals surface area contributed by atoms with Crippen LogP contribution in [0.25, 0.3) is 0 Å². The van der Waals surface area contributed by atoms with Gasteiger partial charge in [0.15, 0.2) is 0 Å². The molecule has 4 bridgehead atoms. The van der Waals surface area contributed by atoms with Crippen LogP contribution in [-0.4, -0.2) is 39.3 Å². The Bertz CT molecular complexity index is 1060. The van der Waals surface area contributed by atoms with Crippen molar-refractivity contribution in [2.24, 2.45) is 0 Å². The summed E-state index contributed by atoms with van der Waals surface area (Å²) < 4.78 is 1.79. The molecule has 3 aromatic rings. The Morgan fingerprint density at radius 2 is 2.07 bits per heavy atom. The number of fused-ring (bicyclic) bond motifs is 4. The van der Waals surface area contributed by atoms with Crippen LogP contribution in [0.1, 0.15) is 34.3 Å². The topological polar surface area (TPSA) is 121 Å². The summed E-state index contributed by atoms with van der Waals surface area (Å²) >= 11 is 0. The van der Waals surface area contributed by atoms with E-state index in [4.69, 9.17) is 5.41 Å². The third kappa shape index (κ3) is 3.66. The van der Waals surface area contributed by atoms with E-state index in [1.165, 1.54) is 6.21 Å². The second-order valence-corrected chi connectivity index (χ2v) is 6.86. The second-order valence-electron chi connectivity index (χ2n) is 6.86. The number of urea groups is 1. The highest BCUT2D eigenvalue weighted by molar-refractivity contribution is 5.92. The van der Waals surface area contributed by atoms with Crippen LogP contribution in [0.4, 0.5) is 16.3 Å². The molecule has 1 atom stereocenters. The molecule has 0 saturated heterocycles. The Balaban J connectivity index is 1.81. The Kier molecular flexibility index (Phi) is 4.94.